The van der Waals surface area contributed by atoms with Gasteiger partial charge < -0.3 is 14.8 Å². The molecule has 3 unspecified atom stereocenters. The molecule has 6 rings (SSSR count). The summed E-state index contributed by atoms with van der Waals surface area (Å²) in [6.45, 7) is 3.52. The summed E-state index contributed by atoms with van der Waals surface area (Å²) in [5.74, 6) is 3.86. The number of nitrogens with zero attached hydrogens (tertiary/aromatic N) is 3. The Hall–Kier alpha value is -2.97. The summed E-state index contributed by atoms with van der Waals surface area (Å²) in [5, 5.41) is 12.5. The van der Waals surface area contributed by atoms with E-state index in [9.17, 15) is 4.21 Å². The first-order chi connectivity index (χ1) is 16.2. The molecule has 2 aliphatic heterocycles. The lowest BCUT2D eigenvalue weighted by Gasteiger charge is -2.20. The first-order valence-corrected chi connectivity index (χ1v) is 12.5. The summed E-state index contributed by atoms with van der Waals surface area (Å²) in [6, 6.07) is 19.7. The number of aromatic nitrogens is 2. The van der Waals surface area contributed by atoms with E-state index in [1.807, 2.05) is 42.5 Å². The van der Waals surface area contributed by atoms with Crippen molar-refractivity contribution in [1.82, 2.24) is 15.1 Å². The van der Waals surface area contributed by atoms with Gasteiger partial charge in [-0.3, -0.25) is 4.90 Å². The fraction of sp³-hybridized carbons (Fsp3) is 0.360. The van der Waals surface area contributed by atoms with Crippen LogP contribution in [-0.4, -0.2) is 45.2 Å². The molecule has 0 spiro atoms. The van der Waals surface area contributed by atoms with Crippen molar-refractivity contribution in [2.75, 3.05) is 25.2 Å². The highest BCUT2D eigenvalue weighted by molar-refractivity contribution is 7.85. The minimum atomic E-state index is -1.31. The van der Waals surface area contributed by atoms with E-state index in [1.54, 1.807) is 6.07 Å². The maximum atomic E-state index is 12.6. The van der Waals surface area contributed by atoms with Crippen LogP contribution in [0, 0.1) is 11.8 Å². The largest absolute Gasteiger partial charge is 0.454 e. The summed E-state index contributed by atoms with van der Waals surface area (Å²) >= 11 is 0. The second-order valence-corrected chi connectivity index (χ2v) is 10.5. The molecular formula is C25H26N4O3S. The summed E-state index contributed by atoms with van der Waals surface area (Å²) in [5.41, 5.74) is 1.28. The van der Waals surface area contributed by atoms with Gasteiger partial charge in [0.25, 0.3) is 0 Å². The van der Waals surface area contributed by atoms with Crippen molar-refractivity contribution in [1.29, 1.82) is 0 Å². The molecule has 33 heavy (non-hydrogen) atoms. The second-order valence-electron chi connectivity index (χ2n) is 9.05. The average molecular weight is 463 g/mol. The van der Waals surface area contributed by atoms with Gasteiger partial charge in [-0.1, -0.05) is 24.3 Å². The fourth-order valence-electron chi connectivity index (χ4n) is 5.31. The van der Waals surface area contributed by atoms with E-state index >= 15 is 0 Å². The summed E-state index contributed by atoms with van der Waals surface area (Å²) in [4.78, 5) is 3.29. The van der Waals surface area contributed by atoms with Crippen LogP contribution in [0.25, 0.3) is 0 Å². The van der Waals surface area contributed by atoms with Gasteiger partial charge in [-0.2, -0.15) is 0 Å². The summed E-state index contributed by atoms with van der Waals surface area (Å²) in [6.07, 6.45) is 2.28. The van der Waals surface area contributed by atoms with Crippen LogP contribution in [0.15, 0.2) is 70.6 Å². The molecule has 1 N–H and O–H groups in total. The van der Waals surface area contributed by atoms with Gasteiger partial charge in [-0.05, 0) is 66.6 Å². The Labute approximate surface area is 195 Å². The minimum Gasteiger partial charge on any atom is -0.454 e. The van der Waals surface area contributed by atoms with Crippen LogP contribution in [0.3, 0.4) is 0 Å². The van der Waals surface area contributed by atoms with E-state index < -0.39 is 10.8 Å². The Morgan fingerprint density at radius 2 is 1.73 bits per heavy atom. The molecule has 0 amide bonds. The Bertz CT molecular complexity index is 1140. The molecule has 3 heterocycles. The first kappa shape index (κ1) is 20.6. The van der Waals surface area contributed by atoms with Gasteiger partial charge in [-0.15, -0.1) is 10.2 Å². The van der Waals surface area contributed by atoms with E-state index in [1.165, 1.54) is 5.56 Å². The highest BCUT2D eigenvalue weighted by atomic mass is 32.2. The Morgan fingerprint density at radius 1 is 0.939 bits per heavy atom. The third-order valence-corrected chi connectivity index (χ3v) is 8.11. The van der Waals surface area contributed by atoms with Crippen LogP contribution in [0.5, 0.6) is 11.5 Å². The van der Waals surface area contributed by atoms with E-state index in [-0.39, 0.29) is 0 Å². The minimum absolute atomic E-state index is 0.318. The third kappa shape index (κ3) is 4.32. The molecule has 2 fully saturated rings. The molecule has 0 bridgehead atoms. The normalized spacial score (nSPS) is 24.5. The Kier molecular flexibility index (Phi) is 5.47. The van der Waals surface area contributed by atoms with Gasteiger partial charge in [0.15, 0.2) is 16.5 Å². The highest BCUT2D eigenvalue weighted by Gasteiger charge is 2.40. The van der Waals surface area contributed by atoms with E-state index in [0.29, 0.717) is 29.7 Å². The van der Waals surface area contributed by atoms with Gasteiger partial charge in [0.1, 0.15) is 16.6 Å². The number of likely N-dealkylation sites (tertiary alicyclic amines) is 1. The number of rotatable bonds is 6. The number of nitrogens with one attached hydrogen (secondary N) is 1. The highest BCUT2D eigenvalue weighted by Crippen LogP contribution is 2.40. The number of hydrogen-bond acceptors (Lipinski definition) is 7. The number of anilines is 1. The topological polar surface area (TPSA) is 76.6 Å². The molecule has 0 radical (unpaired) electrons. The molecule has 1 saturated carbocycles. The van der Waals surface area contributed by atoms with Gasteiger partial charge in [-0.25, -0.2) is 4.21 Å². The van der Waals surface area contributed by atoms with Gasteiger partial charge in [0, 0.05) is 30.6 Å². The maximum absolute atomic E-state index is 12.6. The predicted molar refractivity (Wildman–Crippen MR) is 125 cm³/mol. The van der Waals surface area contributed by atoms with Crippen LogP contribution in [0.4, 0.5) is 5.82 Å². The standard InChI is InChI=1S/C25H26N4O3S/c30-33(21-4-2-1-3-5-21)25-9-8-24(27-28-25)26-20-11-18-14-29(15-19(18)12-20)13-17-6-7-22-23(10-17)32-16-31-22/h1-10,18-20H,11-16H2,(H,26,27)/t18-,19?,20?,33?/m1/s1. The van der Waals surface area contributed by atoms with Crippen molar-refractivity contribution in [3.05, 3.63) is 66.2 Å². The number of benzene rings is 2. The molecule has 8 heteroatoms. The molecule has 2 aromatic carbocycles. The van der Waals surface area contributed by atoms with Crippen molar-refractivity contribution >= 4 is 16.6 Å². The van der Waals surface area contributed by atoms with Gasteiger partial charge in [0.05, 0.1) is 0 Å². The van der Waals surface area contributed by atoms with E-state index in [0.717, 1.165) is 54.7 Å². The molecule has 4 atom stereocenters. The van der Waals surface area contributed by atoms with Crippen molar-refractivity contribution in [2.24, 2.45) is 11.8 Å². The molecule has 1 aromatic heterocycles. The molecule has 1 saturated heterocycles. The fourth-order valence-corrected chi connectivity index (χ4v) is 6.26. The predicted octanol–water partition coefficient (Wildman–Crippen LogP) is 3.69. The van der Waals surface area contributed by atoms with Gasteiger partial charge >= 0.3 is 0 Å². The summed E-state index contributed by atoms with van der Waals surface area (Å²) in [7, 11) is -1.31. The monoisotopic (exact) mass is 462 g/mol. The second kappa shape index (κ2) is 8.76. The van der Waals surface area contributed by atoms with Crippen molar-refractivity contribution in [3.63, 3.8) is 0 Å². The van der Waals surface area contributed by atoms with Crippen LogP contribution in [0.1, 0.15) is 18.4 Å². The zero-order valence-electron chi connectivity index (χ0n) is 18.2. The zero-order valence-corrected chi connectivity index (χ0v) is 19.0. The van der Waals surface area contributed by atoms with Gasteiger partial charge in [0.2, 0.25) is 6.79 Å². The number of fused-ring (bicyclic) bond motifs is 2. The van der Waals surface area contributed by atoms with E-state index in [2.05, 4.69) is 32.5 Å². The van der Waals surface area contributed by atoms with Crippen LogP contribution < -0.4 is 14.8 Å². The molecular weight excluding hydrogens is 436 g/mol. The quantitative estimate of drug-likeness (QED) is 0.599. The number of ether oxygens (including phenoxy) is 2. The van der Waals surface area contributed by atoms with E-state index in [4.69, 9.17) is 9.47 Å². The van der Waals surface area contributed by atoms with Crippen molar-refractivity contribution in [3.8, 4) is 11.5 Å². The molecule has 170 valence electrons. The maximum Gasteiger partial charge on any atom is 0.231 e. The smallest absolute Gasteiger partial charge is 0.231 e. The lowest BCUT2D eigenvalue weighted by atomic mass is 10.0. The lowest BCUT2D eigenvalue weighted by Crippen LogP contribution is -2.25. The van der Waals surface area contributed by atoms with Crippen molar-refractivity contribution in [2.45, 2.75) is 35.3 Å². The molecule has 1 aliphatic carbocycles. The molecule has 3 aromatic rings. The lowest BCUT2D eigenvalue weighted by molar-refractivity contribution is 0.174. The Balaban J connectivity index is 1.02. The molecule has 7 nitrogen and oxygen atoms in total. The first-order valence-electron chi connectivity index (χ1n) is 11.4. The Morgan fingerprint density at radius 3 is 2.48 bits per heavy atom. The SMILES string of the molecule is O=S(c1ccccc1)c1ccc(NC2CC3CN(Cc4ccc5c(c4)OCO5)C[C@H]3C2)nn1. The third-order valence-electron chi connectivity index (χ3n) is 6.81. The molecule has 3 aliphatic rings. The van der Waals surface area contributed by atoms with Crippen LogP contribution >= 0.6 is 0 Å². The zero-order chi connectivity index (χ0) is 22.2. The van der Waals surface area contributed by atoms with Crippen LogP contribution in [0.2, 0.25) is 0 Å². The summed E-state index contributed by atoms with van der Waals surface area (Å²) < 4.78 is 23.6. The van der Waals surface area contributed by atoms with Crippen molar-refractivity contribution < 1.29 is 13.7 Å². The number of hydrogen-bond donors (Lipinski definition) is 1. The van der Waals surface area contributed by atoms with Crippen LogP contribution in [-0.2, 0) is 17.3 Å². The average Bonchev–Trinajstić information content (AvgIpc) is 3.54.